The Bertz CT molecular complexity index is 315. The molecule has 1 aromatic carbocycles. The second kappa shape index (κ2) is 8.09. The highest BCUT2D eigenvalue weighted by atomic mass is 16.5. The molecule has 0 radical (unpaired) electrons. The predicted molar refractivity (Wildman–Crippen MR) is 70.5 cm³/mol. The number of aliphatic hydroxyl groups is 1. The number of ether oxygens (including phenoxy) is 1. The lowest BCUT2D eigenvalue weighted by Gasteiger charge is -2.19. The van der Waals surface area contributed by atoms with Crippen LogP contribution in [-0.4, -0.2) is 42.9 Å². The molecule has 0 heterocycles. The van der Waals surface area contributed by atoms with Gasteiger partial charge in [0.2, 0.25) is 0 Å². The number of nitrogens with zero attached hydrogens (tertiary/aromatic N) is 1. The van der Waals surface area contributed by atoms with E-state index >= 15 is 0 Å². The average Bonchev–Trinajstić information content (AvgIpc) is 2.35. The van der Waals surface area contributed by atoms with Crippen molar-refractivity contribution in [2.75, 3.05) is 32.8 Å². The summed E-state index contributed by atoms with van der Waals surface area (Å²) in [6.45, 7) is 7.82. The molecular formula is C14H23NO2. The largest absolute Gasteiger partial charge is 0.493 e. The van der Waals surface area contributed by atoms with Crippen LogP contribution in [0.15, 0.2) is 24.3 Å². The number of hydrogen-bond donors (Lipinski definition) is 1. The average molecular weight is 237 g/mol. The lowest BCUT2D eigenvalue weighted by molar-refractivity contribution is 0.189. The van der Waals surface area contributed by atoms with E-state index in [1.807, 2.05) is 18.2 Å². The Kier molecular flexibility index (Phi) is 6.67. The summed E-state index contributed by atoms with van der Waals surface area (Å²) in [6, 6.07) is 8.06. The number of likely N-dealkylation sites (N-methyl/N-ethyl adjacent to an activating group) is 1. The van der Waals surface area contributed by atoms with Gasteiger partial charge < -0.3 is 14.7 Å². The number of rotatable bonds is 8. The molecule has 17 heavy (non-hydrogen) atoms. The third kappa shape index (κ3) is 5.20. The fourth-order valence-electron chi connectivity index (χ4n) is 1.76. The molecule has 0 atom stereocenters. The zero-order valence-electron chi connectivity index (χ0n) is 10.9. The minimum atomic E-state index is 0.229. The number of benzene rings is 1. The highest BCUT2D eigenvalue weighted by Gasteiger charge is 2.01. The van der Waals surface area contributed by atoms with Crippen molar-refractivity contribution in [3.8, 4) is 5.75 Å². The van der Waals surface area contributed by atoms with Gasteiger partial charge in [-0.1, -0.05) is 25.1 Å². The van der Waals surface area contributed by atoms with Gasteiger partial charge in [0.05, 0.1) is 13.2 Å². The van der Waals surface area contributed by atoms with Crippen molar-refractivity contribution in [2.45, 2.75) is 20.3 Å². The third-order valence-corrected chi connectivity index (χ3v) is 2.83. The first kappa shape index (κ1) is 14.0. The van der Waals surface area contributed by atoms with Gasteiger partial charge in [0.25, 0.3) is 0 Å². The Labute approximate surface area is 104 Å². The van der Waals surface area contributed by atoms with E-state index in [0.29, 0.717) is 0 Å². The molecule has 0 bridgehead atoms. The van der Waals surface area contributed by atoms with Gasteiger partial charge >= 0.3 is 0 Å². The van der Waals surface area contributed by atoms with Crippen LogP contribution in [-0.2, 0) is 0 Å². The molecule has 0 fully saturated rings. The van der Waals surface area contributed by atoms with E-state index in [0.717, 1.165) is 38.4 Å². The Balaban J connectivity index is 2.22. The molecule has 0 amide bonds. The monoisotopic (exact) mass is 237 g/mol. The van der Waals surface area contributed by atoms with Gasteiger partial charge in [-0.05, 0) is 31.5 Å². The molecule has 96 valence electrons. The number of aryl methyl sites for hydroxylation is 1. The van der Waals surface area contributed by atoms with Crippen molar-refractivity contribution in [2.24, 2.45) is 0 Å². The smallest absolute Gasteiger partial charge is 0.122 e. The van der Waals surface area contributed by atoms with Crippen molar-refractivity contribution in [3.63, 3.8) is 0 Å². The van der Waals surface area contributed by atoms with Crippen molar-refractivity contribution < 1.29 is 9.84 Å². The summed E-state index contributed by atoms with van der Waals surface area (Å²) < 4.78 is 5.72. The van der Waals surface area contributed by atoms with Gasteiger partial charge in [-0.15, -0.1) is 0 Å². The fraction of sp³-hybridized carbons (Fsp3) is 0.571. The lowest BCUT2D eigenvalue weighted by Crippen LogP contribution is -2.28. The van der Waals surface area contributed by atoms with Crippen LogP contribution in [0, 0.1) is 6.92 Å². The van der Waals surface area contributed by atoms with Gasteiger partial charge in [0, 0.05) is 13.1 Å². The third-order valence-electron chi connectivity index (χ3n) is 2.83. The Morgan fingerprint density at radius 2 is 2.00 bits per heavy atom. The molecule has 1 rings (SSSR count). The van der Waals surface area contributed by atoms with Crippen LogP contribution in [0.25, 0.3) is 0 Å². The lowest BCUT2D eigenvalue weighted by atomic mass is 10.2. The molecule has 0 aliphatic rings. The highest BCUT2D eigenvalue weighted by molar-refractivity contribution is 5.31. The molecule has 1 aromatic rings. The summed E-state index contributed by atoms with van der Waals surface area (Å²) >= 11 is 0. The normalized spacial score (nSPS) is 10.8. The fourth-order valence-corrected chi connectivity index (χ4v) is 1.76. The van der Waals surface area contributed by atoms with E-state index in [1.165, 1.54) is 5.56 Å². The van der Waals surface area contributed by atoms with Gasteiger partial charge in [-0.2, -0.15) is 0 Å². The van der Waals surface area contributed by atoms with E-state index in [9.17, 15) is 0 Å². The molecule has 1 N–H and O–H groups in total. The summed E-state index contributed by atoms with van der Waals surface area (Å²) in [5.74, 6) is 0.970. The quantitative estimate of drug-likeness (QED) is 0.703. The molecule has 0 unspecified atom stereocenters. The van der Waals surface area contributed by atoms with E-state index in [1.54, 1.807) is 0 Å². The van der Waals surface area contributed by atoms with E-state index < -0.39 is 0 Å². The molecule has 0 aliphatic heterocycles. The van der Waals surface area contributed by atoms with Crippen LogP contribution >= 0.6 is 0 Å². The summed E-state index contributed by atoms with van der Waals surface area (Å²) in [5, 5.41) is 8.87. The summed E-state index contributed by atoms with van der Waals surface area (Å²) in [5.41, 5.74) is 1.18. The number of para-hydroxylation sites is 1. The van der Waals surface area contributed by atoms with Crippen LogP contribution in [0.5, 0.6) is 5.75 Å². The maximum absolute atomic E-state index is 8.87. The zero-order valence-corrected chi connectivity index (χ0v) is 10.9. The van der Waals surface area contributed by atoms with Crippen molar-refractivity contribution in [1.82, 2.24) is 4.90 Å². The second-order valence-electron chi connectivity index (χ2n) is 4.13. The van der Waals surface area contributed by atoms with Gasteiger partial charge in [0.15, 0.2) is 0 Å². The number of aliphatic hydroxyl groups excluding tert-OH is 1. The van der Waals surface area contributed by atoms with E-state index in [2.05, 4.69) is 24.8 Å². The summed E-state index contributed by atoms with van der Waals surface area (Å²) in [4.78, 5) is 2.22. The molecule has 3 nitrogen and oxygen atoms in total. The highest BCUT2D eigenvalue weighted by Crippen LogP contribution is 2.16. The van der Waals surface area contributed by atoms with Crippen LogP contribution in [0.4, 0.5) is 0 Å². The van der Waals surface area contributed by atoms with Crippen LogP contribution < -0.4 is 4.74 Å². The van der Waals surface area contributed by atoms with Gasteiger partial charge in [-0.25, -0.2) is 0 Å². The molecule has 0 aromatic heterocycles. The Hall–Kier alpha value is -1.06. The van der Waals surface area contributed by atoms with Gasteiger partial charge in [-0.3, -0.25) is 0 Å². The predicted octanol–water partition coefficient (Wildman–Crippen LogP) is 2.08. The molecule has 0 saturated heterocycles. The van der Waals surface area contributed by atoms with Crippen LogP contribution in [0.2, 0.25) is 0 Å². The Morgan fingerprint density at radius 1 is 1.24 bits per heavy atom. The standard InChI is InChI=1S/C14H23NO2/c1-3-15(10-11-16)9-6-12-17-14-8-5-4-7-13(14)2/h4-5,7-8,16H,3,6,9-12H2,1-2H3. The topological polar surface area (TPSA) is 32.7 Å². The van der Waals surface area contributed by atoms with Crippen molar-refractivity contribution >= 4 is 0 Å². The van der Waals surface area contributed by atoms with E-state index in [-0.39, 0.29) is 6.61 Å². The van der Waals surface area contributed by atoms with Crippen LogP contribution in [0.3, 0.4) is 0 Å². The maximum Gasteiger partial charge on any atom is 0.122 e. The first-order chi connectivity index (χ1) is 8.27. The first-order valence-electron chi connectivity index (χ1n) is 6.29. The minimum absolute atomic E-state index is 0.229. The first-order valence-corrected chi connectivity index (χ1v) is 6.29. The van der Waals surface area contributed by atoms with E-state index in [4.69, 9.17) is 9.84 Å². The summed E-state index contributed by atoms with van der Waals surface area (Å²) in [7, 11) is 0. The molecule has 0 spiro atoms. The van der Waals surface area contributed by atoms with Crippen LogP contribution in [0.1, 0.15) is 18.9 Å². The molecular weight excluding hydrogens is 214 g/mol. The SMILES string of the molecule is CCN(CCO)CCCOc1ccccc1C. The summed E-state index contributed by atoms with van der Waals surface area (Å²) in [6.07, 6.45) is 0.988. The van der Waals surface area contributed by atoms with Gasteiger partial charge in [0.1, 0.15) is 5.75 Å². The van der Waals surface area contributed by atoms with Crippen molar-refractivity contribution in [3.05, 3.63) is 29.8 Å². The molecule has 3 heteroatoms. The second-order valence-corrected chi connectivity index (χ2v) is 4.13. The minimum Gasteiger partial charge on any atom is -0.493 e. The molecule has 0 aliphatic carbocycles. The zero-order chi connectivity index (χ0) is 12.5. The van der Waals surface area contributed by atoms with Crippen molar-refractivity contribution in [1.29, 1.82) is 0 Å². The Morgan fingerprint density at radius 3 is 2.65 bits per heavy atom. The number of hydrogen-bond acceptors (Lipinski definition) is 3. The molecule has 0 saturated carbocycles. The maximum atomic E-state index is 8.87.